The molecule has 25 heavy (non-hydrogen) atoms. The minimum atomic E-state index is 0.0594. The van der Waals surface area contributed by atoms with Crippen LogP contribution >= 0.6 is 0 Å². The highest BCUT2D eigenvalue weighted by atomic mass is 16.5. The lowest BCUT2D eigenvalue weighted by Gasteiger charge is -2.32. The molecule has 2 aromatic heterocycles. The van der Waals surface area contributed by atoms with Gasteiger partial charge in [0.2, 0.25) is 0 Å². The summed E-state index contributed by atoms with van der Waals surface area (Å²) < 4.78 is 14.1. The Labute approximate surface area is 148 Å². The number of aryl methyl sites for hydroxylation is 1. The average molecular weight is 339 g/mol. The molecule has 3 aromatic rings. The lowest BCUT2D eigenvalue weighted by molar-refractivity contribution is -0.0350. The number of hydrogen-bond donors (Lipinski definition) is 1. The quantitative estimate of drug-likeness (QED) is 0.764. The van der Waals surface area contributed by atoms with Crippen LogP contribution in [0.2, 0.25) is 0 Å². The minimum absolute atomic E-state index is 0.0594. The van der Waals surface area contributed by atoms with Crippen molar-refractivity contribution in [3.8, 4) is 0 Å². The zero-order valence-corrected chi connectivity index (χ0v) is 14.8. The van der Waals surface area contributed by atoms with Crippen LogP contribution in [0.15, 0.2) is 47.1 Å². The molecule has 0 spiro atoms. The van der Waals surface area contributed by atoms with Crippen LogP contribution in [0, 0.1) is 5.92 Å². The fourth-order valence-electron chi connectivity index (χ4n) is 3.63. The normalized spacial score (nSPS) is 22.3. The van der Waals surface area contributed by atoms with Crippen LogP contribution in [0.5, 0.6) is 0 Å². The van der Waals surface area contributed by atoms with Gasteiger partial charge in [0, 0.05) is 43.9 Å². The zero-order valence-electron chi connectivity index (χ0n) is 14.8. The lowest BCUT2D eigenvalue weighted by Crippen LogP contribution is -2.34. The second kappa shape index (κ2) is 7.02. The van der Waals surface area contributed by atoms with Crippen LogP contribution < -0.4 is 5.32 Å². The van der Waals surface area contributed by atoms with Gasteiger partial charge < -0.3 is 19.0 Å². The Morgan fingerprint density at radius 2 is 2.24 bits per heavy atom. The molecule has 4 rings (SSSR count). The van der Waals surface area contributed by atoms with Crippen molar-refractivity contribution in [1.29, 1.82) is 0 Å². The summed E-state index contributed by atoms with van der Waals surface area (Å²) >= 11 is 0. The molecule has 3 heterocycles. The standard InChI is InChI=1S/C20H25N3O2/c1-14(18-12-15-6-3-4-8-17(15)25-18)22-13-16-7-5-11-24-19(16)20-21-9-10-23(20)2/h3-4,6,8-10,12,14,16,19,22H,5,7,11,13H2,1-2H3/t14?,16-,19+/m0/s1. The summed E-state index contributed by atoms with van der Waals surface area (Å²) in [6.07, 6.45) is 6.14. The van der Waals surface area contributed by atoms with Crippen molar-refractivity contribution in [1.82, 2.24) is 14.9 Å². The maximum atomic E-state index is 6.06. The van der Waals surface area contributed by atoms with Crippen molar-refractivity contribution in [2.24, 2.45) is 13.0 Å². The number of ether oxygens (including phenoxy) is 1. The number of imidazole rings is 1. The number of aromatic nitrogens is 2. The molecular formula is C20H25N3O2. The molecule has 0 saturated carbocycles. The highest BCUT2D eigenvalue weighted by molar-refractivity contribution is 5.77. The van der Waals surface area contributed by atoms with Gasteiger partial charge in [0.25, 0.3) is 0 Å². The minimum Gasteiger partial charge on any atom is -0.459 e. The third kappa shape index (κ3) is 3.34. The van der Waals surface area contributed by atoms with Gasteiger partial charge >= 0.3 is 0 Å². The molecule has 1 fully saturated rings. The van der Waals surface area contributed by atoms with E-state index in [0.29, 0.717) is 5.92 Å². The molecule has 1 saturated heterocycles. The maximum absolute atomic E-state index is 6.06. The SMILES string of the molecule is CC(NC[C@@H]1CCCO[C@H]1c1nccn1C)c1cc2ccccc2o1. The lowest BCUT2D eigenvalue weighted by atomic mass is 9.93. The van der Waals surface area contributed by atoms with E-state index >= 15 is 0 Å². The first kappa shape index (κ1) is 16.4. The summed E-state index contributed by atoms with van der Waals surface area (Å²) in [5, 5.41) is 4.78. The maximum Gasteiger partial charge on any atom is 0.137 e. The van der Waals surface area contributed by atoms with Crippen LogP contribution in [-0.4, -0.2) is 22.7 Å². The Morgan fingerprint density at radius 3 is 3.04 bits per heavy atom. The van der Waals surface area contributed by atoms with Crippen molar-refractivity contribution >= 4 is 11.0 Å². The molecule has 132 valence electrons. The first-order valence-electron chi connectivity index (χ1n) is 9.03. The van der Waals surface area contributed by atoms with Gasteiger partial charge in [-0.2, -0.15) is 0 Å². The monoisotopic (exact) mass is 339 g/mol. The predicted octanol–water partition coefficient (Wildman–Crippen LogP) is 3.98. The summed E-state index contributed by atoms with van der Waals surface area (Å²) in [5.41, 5.74) is 0.943. The van der Waals surface area contributed by atoms with Crippen molar-refractivity contribution in [3.05, 3.63) is 54.3 Å². The molecular weight excluding hydrogens is 314 g/mol. The Bertz CT molecular complexity index is 805. The summed E-state index contributed by atoms with van der Waals surface area (Å²) in [6, 6.07) is 10.4. The average Bonchev–Trinajstić information content (AvgIpc) is 3.26. The molecule has 0 aliphatic carbocycles. The van der Waals surface area contributed by atoms with Gasteiger partial charge in [-0.25, -0.2) is 4.98 Å². The van der Waals surface area contributed by atoms with E-state index in [1.165, 1.54) is 0 Å². The molecule has 1 aromatic carbocycles. The third-order valence-electron chi connectivity index (χ3n) is 5.12. The number of para-hydroxylation sites is 1. The van der Waals surface area contributed by atoms with Crippen molar-refractivity contribution in [2.45, 2.75) is 31.9 Å². The number of benzene rings is 1. The van der Waals surface area contributed by atoms with E-state index in [-0.39, 0.29) is 12.1 Å². The van der Waals surface area contributed by atoms with Gasteiger partial charge in [0.15, 0.2) is 0 Å². The van der Waals surface area contributed by atoms with Crippen molar-refractivity contribution in [3.63, 3.8) is 0 Å². The van der Waals surface area contributed by atoms with E-state index in [0.717, 1.165) is 48.5 Å². The van der Waals surface area contributed by atoms with Crippen LogP contribution in [0.3, 0.4) is 0 Å². The molecule has 1 aliphatic heterocycles. The van der Waals surface area contributed by atoms with Crippen LogP contribution in [0.25, 0.3) is 11.0 Å². The van der Waals surface area contributed by atoms with Crippen LogP contribution in [0.1, 0.15) is 43.5 Å². The summed E-state index contributed by atoms with van der Waals surface area (Å²) in [4.78, 5) is 4.50. The summed E-state index contributed by atoms with van der Waals surface area (Å²) in [7, 11) is 2.03. The summed E-state index contributed by atoms with van der Waals surface area (Å²) in [5.74, 6) is 2.41. The molecule has 5 nitrogen and oxygen atoms in total. The number of furan rings is 1. The highest BCUT2D eigenvalue weighted by Crippen LogP contribution is 2.33. The van der Waals surface area contributed by atoms with Gasteiger partial charge in [0.05, 0.1) is 6.04 Å². The molecule has 1 N–H and O–H groups in total. The summed E-state index contributed by atoms with van der Waals surface area (Å²) in [6.45, 7) is 3.85. The Hall–Kier alpha value is -2.11. The molecule has 1 aliphatic rings. The molecule has 5 heteroatoms. The molecule has 0 radical (unpaired) electrons. The molecule has 3 atom stereocenters. The van der Waals surface area contributed by atoms with Crippen molar-refractivity contribution in [2.75, 3.05) is 13.2 Å². The molecule has 1 unspecified atom stereocenters. The second-order valence-electron chi connectivity index (χ2n) is 6.91. The smallest absolute Gasteiger partial charge is 0.137 e. The molecule has 0 bridgehead atoms. The van der Waals surface area contributed by atoms with Gasteiger partial charge in [-0.05, 0) is 31.9 Å². The van der Waals surface area contributed by atoms with Gasteiger partial charge in [-0.3, -0.25) is 0 Å². The number of nitrogens with one attached hydrogen (secondary N) is 1. The van der Waals surface area contributed by atoms with Crippen LogP contribution in [-0.2, 0) is 11.8 Å². The topological polar surface area (TPSA) is 52.2 Å². The van der Waals surface area contributed by atoms with E-state index in [1.807, 2.05) is 37.6 Å². The fraction of sp³-hybridized carbons (Fsp3) is 0.450. The van der Waals surface area contributed by atoms with Gasteiger partial charge in [0.1, 0.15) is 23.3 Å². The number of nitrogens with zero attached hydrogens (tertiary/aromatic N) is 2. The Kier molecular flexibility index (Phi) is 4.59. The van der Waals surface area contributed by atoms with E-state index in [4.69, 9.17) is 9.15 Å². The van der Waals surface area contributed by atoms with E-state index in [1.54, 1.807) is 0 Å². The first-order valence-corrected chi connectivity index (χ1v) is 9.03. The van der Waals surface area contributed by atoms with Crippen molar-refractivity contribution < 1.29 is 9.15 Å². The van der Waals surface area contributed by atoms with Gasteiger partial charge in [-0.1, -0.05) is 18.2 Å². The number of hydrogen-bond acceptors (Lipinski definition) is 4. The largest absolute Gasteiger partial charge is 0.459 e. The predicted molar refractivity (Wildman–Crippen MR) is 97.3 cm³/mol. The zero-order chi connectivity index (χ0) is 17.2. The number of rotatable bonds is 5. The third-order valence-corrected chi connectivity index (χ3v) is 5.12. The van der Waals surface area contributed by atoms with E-state index in [9.17, 15) is 0 Å². The molecule has 0 amide bonds. The van der Waals surface area contributed by atoms with Gasteiger partial charge in [-0.15, -0.1) is 0 Å². The van der Waals surface area contributed by atoms with E-state index in [2.05, 4.69) is 33.9 Å². The fourth-order valence-corrected chi connectivity index (χ4v) is 3.63. The number of fused-ring (bicyclic) bond motifs is 1. The first-order chi connectivity index (χ1) is 12.2. The Balaban J connectivity index is 1.44. The van der Waals surface area contributed by atoms with E-state index < -0.39 is 0 Å². The highest BCUT2D eigenvalue weighted by Gasteiger charge is 2.30. The van der Waals surface area contributed by atoms with Crippen LogP contribution in [0.4, 0.5) is 0 Å². The second-order valence-corrected chi connectivity index (χ2v) is 6.91. The Morgan fingerprint density at radius 1 is 1.36 bits per heavy atom.